The summed E-state index contributed by atoms with van der Waals surface area (Å²) < 4.78 is 22.3. The fourth-order valence-electron chi connectivity index (χ4n) is 4.84. The molecule has 3 aromatic rings. The number of rotatable bonds is 8. The standard InChI is InChI=1S/C27H28ClFN2O6/c1-14(2)22(13-32)31-12-19(27(35)36)26(34)18-9-15(23(37-3)11-21(18)31)7-16-8-17(10-20(28)25(16)29)30-6-4-5-24(30)33/h8-12,14,22,32H,4-7,13H2,1-3H3,(H,35,36)/t22-/m1/s1. The Morgan fingerprint density at radius 3 is 2.49 bits per heavy atom. The predicted octanol–water partition coefficient (Wildman–Crippen LogP) is 4.41. The van der Waals surface area contributed by atoms with Crippen molar-refractivity contribution < 1.29 is 28.9 Å². The number of carbonyl (C=O) groups excluding carboxylic acids is 1. The Bertz CT molecular complexity index is 1450. The van der Waals surface area contributed by atoms with Crippen molar-refractivity contribution in [1.82, 2.24) is 4.57 Å². The van der Waals surface area contributed by atoms with Gasteiger partial charge in [0.1, 0.15) is 17.1 Å². The van der Waals surface area contributed by atoms with Gasteiger partial charge in [-0.2, -0.15) is 0 Å². The summed E-state index contributed by atoms with van der Waals surface area (Å²) in [6.07, 6.45) is 2.32. The molecule has 0 radical (unpaired) electrons. The topological polar surface area (TPSA) is 109 Å². The van der Waals surface area contributed by atoms with Crippen LogP contribution in [0.2, 0.25) is 5.02 Å². The first-order chi connectivity index (χ1) is 17.6. The lowest BCUT2D eigenvalue weighted by atomic mass is 9.98. The zero-order valence-electron chi connectivity index (χ0n) is 20.8. The second-order valence-corrected chi connectivity index (χ2v) is 9.89. The minimum absolute atomic E-state index is 0.0229. The third kappa shape index (κ3) is 4.93. The van der Waals surface area contributed by atoms with E-state index in [2.05, 4.69) is 0 Å². The number of carboxylic acids is 1. The molecule has 8 nitrogen and oxygen atoms in total. The van der Waals surface area contributed by atoms with Gasteiger partial charge in [-0.15, -0.1) is 0 Å². The number of carbonyl (C=O) groups is 2. The predicted molar refractivity (Wildman–Crippen MR) is 138 cm³/mol. The summed E-state index contributed by atoms with van der Waals surface area (Å²) >= 11 is 6.18. The highest BCUT2D eigenvalue weighted by atomic mass is 35.5. The summed E-state index contributed by atoms with van der Waals surface area (Å²) in [6.45, 7) is 3.99. The van der Waals surface area contributed by atoms with Crippen LogP contribution in [0, 0.1) is 11.7 Å². The quantitative estimate of drug-likeness (QED) is 0.446. The van der Waals surface area contributed by atoms with Gasteiger partial charge in [0.05, 0.1) is 30.3 Å². The average molecular weight is 531 g/mol. The van der Waals surface area contributed by atoms with E-state index in [0.717, 1.165) is 0 Å². The molecule has 1 aliphatic rings. The number of nitrogens with zero attached hydrogens (tertiary/aromatic N) is 2. The normalized spacial score (nSPS) is 14.6. The van der Waals surface area contributed by atoms with Gasteiger partial charge in [-0.05, 0) is 41.7 Å². The molecular formula is C27H28ClFN2O6. The lowest BCUT2D eigenvalue weighted by Crippen LogP contribution is -2.25. The van der Waals surface area contributed by atoms with Crippen LogP contribution >= 0.6 is 11.6 Å². The van der Waals surface area contributed by atoms with E-state index >= 15 is 4.39 Å². The Morgan fingerprint density at radius 2 is 1.92 bits per heavy atom. The summed E-state index contributed by atoms with van der Waals surface area (Å²) in [5.41, 5.74) is 0.376. The van der Waals surface area contributed by atoms with E-state index in [0.29, 0.717) is 41.9 Å². The highest BCUT2D eigenvalue weighted by molar-refractivity contribution is 6.31. The second kappa shape index (κ2) is 10.5. The summed E-state index contributed by atoms with van der Waals surface area (Å²) in [4.78, 5) is 38.8. The Labute approximate surface area is 217 Å². The van der Waals surface area contributed by atoms with Crippen LogP contribution in [0.3, 0.4) is 0 Å². The zero-order chi connectivity index (χ0) is 27.0. The maximum Gasteiger partial charge on any atom is 0.341 e. The third-order valence-electron chi connectivity index (χ3n) is 6.83. The second-order valence-electron chi connectivity index (χ2n) is 9.49. The van der Waals surface area contributed by atoms with Crippen LogP contribution in [0.25, 0.3) is 10.9 Å². The number of aliphatic hydroxyl groups excluding tert-OH is 1. The first kappa shape index (κ1) is 26.6. The van der Waals surface area contributed by atoms with Crippen molar-refractivity contribution in [2.24, 2.45) is 5.92 Å². The highest BCUT2D eigenvalue weighted by Crippen LogP contribution is 2.34. The van der Waals surface area contributed by atoms with Crippen LogP contribution in [0.15, 0.2) is 35.3 Å². The smallest absolute Gasteiger partial charge is 0.341 e. The number of aromatic nitrogens is 1. The number of ether oxygens (including phenoxy) is 1. The molecule has 2 heterocycles. The van der Waals surface area contributed by atoms with Gasteiger partial charge in [0.25, 0.3) is 0 Å². The molecule has 0 bridgehead atoms. The fourth-order valence-corrected chi connectivity index (χ4v) is 5.07. The monoisotopic (exact) mass is 530 g/mol. The van der Waals surface area contributed by atoms with Crippen LogP contribution in [-0.4, -0.2) is 46.9 Å². The number of carboxylic acid groups (broad SMARTS) is 1. The van der Waals surface area contributed by atoms with Gasteiger partial charge in [-0.3, -0.25) is 9.59 Å². The van der Waals surface area contributed by atoms with Crippen LogP contribution in [0.1, 0.15) is 54.2 Å². The van der Waals surface area contributed by atoms with Crippen molar-refractivity contribution in [3.05, 3.63) is 68.2 Å². The number of pyridine rings is 1. The van der Waals surface area contributed by atoms with Gasteiger partial charge < -0.3 is 24.4 Å². The maximum absolute atomic E-state index is 15.1. The van der Waals surface area contributed by atoms with Crippen molar-refractivity contribution >= 4 is 40.1 Å². The number of aliphatic hydroxyl groups is 1. The fraction of sp³-hybridized carbons (Fsp3) is 0.370. The Morgan fingerprint density at radius 1 is 1.19 bits per heavy atom. The van der Waals surface area contributed by atoms with Gasteiger partial charge >= 0.3 is 5.97 Å². The molecule has 0 saturated carbocycles. The molecule has 1 amide bonds. The van der Waals surface area contributed by atoms with Crippen molar-refractivity contribution in [3.63, 3.8) is 0 Å². The van der Waals surface area contributed by atoms with Gasteiger partial charge in [0, 0.05) is 42.7 Å². The Hall–Kier alpha value is -3.43. The van der Waals surface area contributed by atoms with Crippen LogP contribution < -0.4 is 15.1 Å². The first-order valence-electron chi connectivity index (χ1n) is 12.0. The van der Waals surface area contributed by atoms with E-state index in [4.69, 9.17) is 16.3 Å². The van der Waals surface area contributed by atoms with E-state index in [1.807, 2.05) is 13.8 Å². The van der Waals surface area contributed by atoms with Crippen LogP contribution in [-0.2, 0) is 11.2 Å². The average Bonchev–Trinajstić information content (AvgIpc) is 3.28. The molecule has 1 saturated heterocycles. The van der Waals surface area contributed by atoms with Crippen molar-refractivity contribution in [1.29, 1.82) is 0 Å². The molecule has 1 atom stereocenters. The number of fused-ring (bicyclic) bond motifs is 1. The van der Waals surface area contributed by atoms with Crippen LogP contribution in [0.5, 0.6) is 5.75 Å². The first-order valence-corrected chi connectivity index (χ1v) is 12.3. The largest absolute Gasteiger partial charge is 0.496 e. The van der Waals surface area contributed by atoms with Crippen LogP contribution in [0.4, 0.5) is 10.1 Å². The van der Waals surface area contributed by atoms with E-state index in [1.165, 1.54) is 25.4 Å². The molecule has 2 N–H and O–H groups in total. The van der Waals surface area contributed by atoms with E-state index in [9.17, 15) is 24.6 Å². The Balaban J connectivity index is 1.91. The lowest BCUT2D eigenvalue weighted by Gasteiger charge is -2.25. The lowest BCUT2D eigenvalue weighted by molar-refractivity contribution is -0.117. The van der Waals surface area contributed by atoms with Crippen molar-refractivity contribution in [2.45, 2.75) is 39.2 Å². The summed E-state index contributed by atoms with van der Waals surface area (Å²) in [7, 11) is 1.44. The third-order valence-corrected chi connectivity index (χ3v) is 7.11. The molecule has 196 valence electrons. The maximum atomic E-state index is 15.1. The molecule has 2 aromatic carbocycles. The van der Waals surface area contributed by atoms with Gasteiger partial charge in [0.15, 0.2) is 0 Å². The molecular weight excluding hydrogens is 503 g/mol. The molecule has 0 spiro atoms. The number of hydrogen-bond donors (Lipinski definition) is 2. The summed E-state index contributed by atoms with van der Waals surface area (Å²) in [5.74, 6) is -1.84. The minimum atomic E-state index is -1.39. The van der Waals surface area contributed by atoms with Crippen molar-refractivity contribution in [3.8, 4) is 5.75 Å². The zero-order valence-corrected chi connectivity index (χ0v) is 21.5. The molecule has 1 aliphatic heterocycles. The molecule has 0 aliphatic carbocycles. The number of aromatic carboxylic acids is 1. The minimum Gasteiger partial charge on any atom is -0.496 e. The summed E-state index contributed by atoms with van der Waals surface area (Å²) in [6, 6.07) is 5.56. The van der Waals surface area contributed by atoms with Gasteiger partial charge in [-0.25, -0.2) is 9.18 Å². The van der Waals surface area contributed by atoms with E-state index in [-0.39, 0.29) is 40.8 Å². The number of amides is 1. The number of halogens is 2. The van der Waals surface area contributed by atoms with Gasteiger partial charge in [0.2, 0.25) is 11.3 Å². The van der Waals surface area contributed by atoms with E-state index in [1.54, 1.807) is 21.6 Å². The molecule has 1 fully saturated rings. The number of hydrogen-bond acceptors (Lipinski definition) is 5. The Kier molecular flexibility index (Phi) is 7.57. The van der Waals surface area contributed by atoms with Crippen molar-refractivity contribution in [2.75, 3.05) is 25.2 Å². The molecule has 0 unspecified atom stereocenters. The number of anilines is 1. The van der Waals surface area contributed by atoms with Gasteiger partial charge in [-0.1, -0.05) is 25.4 Å². The van der Waals surface area contributed by atoms with E-state index < -0.39 is 28.8 Å². The number of benzene rings is 2. The highest BCUT2D eigenvalue weighted by Gasteiger charge is 2.25. The summed E-state index contributed by atoms with van der Waals surface area (Å²) in [5, 5.41) is 19.7. The molecule has 4 rings (SSSR count). The molecule has 10 heteroatoms. The molecule has 1 aromatic heterocycles. The SMILES string of the molecule is COc1cc2c(cc1Cc1cc(N3CCCC3=O)cc(Cl)c1F)c(=O)c(C(=O)O)cn2[C@H](CO)C(C)C. The molecule has 37 heavy (non-hydrogen) atoms. The number of methoxy groups -OCH3 is 1.